The van der Waals surface area contributed by atoms with Gasteiger partial charge in [0.15, 0.2) is 0 Å². The number of carbonyl (C=O) groups excluding carboxylic acids is 2. The average molecular weight is 597 g/mol. The van der Waals surface area contributed by atoms with Gasteiger partial charge in [-0.05, 0) is 49.9 Å². The molecule has 3 heterocycles. The van der Waals surface area contributed by atoms with E-state index in [1.165, 1.54) is 11.1 Å². The van der Waals surface area contributed by atoms with Crippen LogP contribution in [0.15, 0.2) is 42.7 Å². The third-order valence-corrected chi connectivity index (χ3v) is 7.48. The first-order valence-electron chi connectivity index (χ1n) is 14.1. The number of anilines is 1. The molecule has 224 valence electrons. The van der Waals surface area contributed by atoms with E-state index in [9.17, 15) is 19.8 Å². The van der Waals surface area contributed by atoms with Crippen molar-refractivity contribution in [1.29, 1.82) is 0 Å². The third kappa shape index (κ3) is 7.15. The lowest BCUT2D eigenvalue weighted by Crippen LogP contribution is -2.46. The number of nitrogens with one attached hydrogen (secondary N) is 2. The number of hydrogen-bond donors (Lipinski definition) is 4. The zero-order chi connectivity index (χ0) is 30.2. The van der Waals surface area contributed by atoms with E-state index in [-0.39, 0.29) is 31.7 Å². The average Bonchev–Trinajstić information content (AvgIpc) is 3.32. The van der Waals surface area contributed by atoms with Gasteiger partial charge in [-0.25, -0.2) is 15.0 Å². The molecule has 0 radical (unpaired) electrons. The van der Waals surface area contributed by atoms with Crippen LogP contribution < -0.4 is 15.4 Å². The maximum atomic E-state index is 13.5. The Morgan fingerprint density at radius 2 is 1.98 bits per heavy atom. The zero-order valence-electron chi connectivity index (χ0n) is 24.0. The number of ether oxygens (including phenoxy) is 1. The summed E-state index contributed by atoms with van der Waals surface area (Å²) in [6.07, 6.45) is 5.43. The van der Waals surface area contributed by atoms with Gasteiger partial charge in [0.05, 0.1) is 36.2 Å². The van der Waals surface area contributed by atoms with Gasteiger partial charge >= 0.3 is 0 Å². The van der Waals surface area contributed by atoms with Crippen LogP contribution in [0.25, 0.3) is 11.3 Å². The SMILES string of the molecule is CCCC(CCO)Nc1ncc(Cl)c(-c2ccc3c(c2)C(=O)N([C@H](C)C(=O)N[C@H](CO)c2ccnc(OCC)c2)C3)n1. The Hall–Kier alpha value is -3.80. The summed E-state index contributed by atoms with van der Waals surface area (Å²) < 4.78 is 5.43. The van der Waals surface area contributed by atoms with Gasteiger partial charge in [-0.15, -0.1) is 0 Å². The number of amides is 2. The van der Waals surface area contributed by atoms with Gasteiger partial charge in [0.1, 0.15) is 6.04 Å². The van der Waals surface area contributed by atoms with Crippen molar-refractivity contribution in [2.45, 2.75) is 64.7 Å². The molecular formula is C30H37ClN6O5. The predicted molar refractivity (Wildman–Crippen MR) is 159 cm³/mol. The molecule has 1 unspecified atom stereocenters. The molecule has 12 heteroatoms. The van der Waals surface area contributed by atoms with Crippen LogP contribution in [0, 0.1) is 0 Å². The first-order valence-corrected chi connectivity index (χ1v) is 14.5. The molecule has 4 N–H and O–H groups in total. The van der Waals surface area contributed by atoms with Gasteiger partial charge in [0.25, 0.3) is 5.91 Å². The number of nitrogens with zero attached hydrogens (tertiary/aromatic N) is 4. The monoisotopic (exact) mass is 596 g/mol. The number of aliphatic hydroxyl groups is 2. The Morgan fingerprint density at radius 1 is 1.17 bits per heavy atom. The van der Waals surface area contributed by atoms with Crippen molar-refractivity contribution in [1.82, 2.24) is 25.2 Å². The maximum Gasteiger partial charge on any atom is 0.255 e. The van der Waals surface area contributed by atoms with Crippen molar-refractivity contribution < 1.29 is 24.5 Å². The van der Waals surface area contributed by atoms with Crippen molar-refractivity contribution in [3.63, 3.8) is 0 Å². The summed E-state index contributed by atoms with van der Waals surface area (Å²) >= 11 is 6.46. The molecule has 0 fully saturated rings. The predicted octanol–water partition coefficient (Wildman–Crippen LogP) is 3.75. The van der Waals surface area contributed by atoms with E-state index < -0.39 is 18.0 Å². The lowest BCUT2D eigenvalue weighted by atomic mass is 10.0. The molecule has 1 aromatic carbocycles. The van der Waals surface area contributed by atoms with E-state index in [4.69, 9.17) is 16.3 Å². The summed E-state index contributed by atoms with van der Waals surface area (Å²) in [5.74, 6) is 0.103. The van der Waals surface area contributed by atoms with Crippen LogP contribution in [-0.2, 0) is 11.3 Å². The van der Waals surface area contributed by atoms with Crippen LogP contribution in [0.1, 0.15) is 67.6 Å². The number of fused-ring (bicyclic) bond motifs is 1. The molecule has 3 atom stereocenters. The van der Waals surface area contributed by atoms with Crippen molar-refractivity contribution in [2.24, 2.45) is 0 Å². The van der Waals surface area contributed by atoms with Gasteiger partial charge in [0.2, 0.25) is 17.7 Å². The second-order valence-electron chi connectivity index (χ2n) is 10.1. The number of carbonyl (C=O) groups is 2. The normalized spacial score (nSPS) is 14.7. The van der Waals surface area contributed by atoms with Crippen molar-refractivity contribution >= 4 is 29.4 Å². The highest BCUT2D eigenvalue weighted by molar-refractivity contribution is 6.33. The minimum absolute atomic E-state index is 0.0209. The zero-order valence-corrected chi connectivity index (χ0v) is 24.8. The number of aromatic nitrogens is 3. The second kappa shape index (κ2) is 14.4. The first-order chi connectivity index (χ1) is 20.3. The van der Waals surface area contributed by atoms with Crippen LogP contribution in [0.2, 0.25) is 5.02 Å². The Kier molecular flexibility index (Phi) is 10.7. The summed E-state index contributed by atoms with van der Waals surface area (Å²) in [4.78, 5) is 41.2. The largest absolute Gasteiger partial charge is 0.478 e. The van der Waals surface area contributed by atoms with Gasteiger partial charge in [-0.3, -0.25) is 9.59 Å². The number of pyridine rings is 1. The highest BCUT2D eigenvalue weighted by Gasteiger charge is 2.35. The highest BCUT2D eigenvalue weighted by Crippen LogP contribution is 2.32. The molecule has 0 saturated heterocycles. The van der Waals surface area contributed by atoms with Crippen LogP contribution in [0.5, 0.6) is 5.88 Å². The molecule has 0 aliphatic carbocycles. The quantitative estimate of drug-likeness (QED) is 0.218. The highest BCUT2D eigenvalue weighted by atomic mass is 35.5. The fraction of sp³-hybridized carbons (Fsp3) is 0.433. The number of benzene rings is 1. The maximum absolute atomic E-state index is 13.5. The Labute approximate surface area is 250 Å². The molecule has 3 aromatic rings. The van der Waals surface area contributed by atoms with Crippen molar-refractivity contribution in [3.8, 4) is 17.1 Å². The van der Waals surface area contributed by atoms with E-state index in [0.29, 0.717) is 52.3 Å². The van der Waals surface area contributed by atoms with Crippen LogP contribution in [-0.4, -0.2) is 73.8 Å². The second-order valence-corrected chi connectivity index (χ2v) is 10.5. The van der Waals surface area contributed by atoms with E-state index >= 15 is 0 Å². The summed E-state index contributed by atoms with van der Waals surface area (Å²) in [5, 5.41) is 25.8. The van der Waals surface area contributed by atoms with E-state index in [0.717, 1.165) is 18.4 Å². The van der Waals surface area contributed by atoms with Crippen LogP contribution in [0.4, 0.5) is 5.95 Å². The molecule has 2 amide bonds. The Bertz CT molecular complexity index is 1400. The molecule has 0 spiro atoms. The third-order valence-electron chi connectivity index (χ3n) is 7.21. The molecule has 0 bridgehead atoms. The lowest BCUT2D eigenvalue weighted by molar-refractivity contribution is -0.126. The number of aliphatic hydroxyl groups excluding tert-OH is 2. The van der Waals surface area contributed by atoms with Gasteiger partial charge in [-0.2, -0.15) is 0 Å². The molecule has 11 nitrogen and oxygen atoms in total. The molecule has 1 aliphatic heterocycles. The van der Waals surface area contributed by atoms with Crippen molar-refractivity contribution in [2.75, 3.05) is 25.1 Å². The number of hydrogen-bond acceptors (Lipinski definition) is 9. The Balaban J connectivity index is 1.49. The van der Waals surface area contributed by atoms with E-state index in [1.807, 2.05) is 19.1 Å². The smallest absolute Gasteiger partial charge is 0.255 e. The molecule has 1 aliphatic rings. The number of halogens is 1. The van der Waals surface area contributed by atoms with Gasteiger partial charge in [0, 0.05) is 42.6 Å². The molecule has 42 heavy (non-hydrogen) atoms. The molecule has 4 rings (SSSR count). The minimum Gasteiger partial charge on any atom is -0.478 e. The Morgan fingerprint density at radius 3 is 2.69 bits per heavy atom. The fourth-order valence-corrected chi connectivity index (χ4v) is 5.13. The summed E-state index contributed by atoms with van der Waals surface area (Å²) in [6, 6.07) is 7.32. The van der Waals surface area contributed by atoms with E-state index in [1.54, 1.807) is 31.3 Å². The standard InChI is InChI=1S/C30H37ClN6O5/c1-4-6-22(10-12-38)34-30-33-15-24(31)27(36-30)20-7-8-21-16-37(29(41)23(21)13-20)18(3)28(40)35-25(17-39)19-9-11-32-26(14-19)42-5-2/h7-9,11,13-15,18,22,25,38-39H,4-6,10,12,16-17H2,1-3H3,(H,35,40)(H,33,34,36)/t18-,22?,25-/m1/s1. The molecule has 0 saturated carbocycles. The van der Waals surface area contributed by atoms with Crippen molar-refractivity contribution in [3.05, 3.63) is 64.4 Å². The van der Waals surface area contributed by atoms with E-state index in [2.05, 4.69) is 32.5 Å². The first kappa shape index (κ1) is 31.1. The molecular weight excluding hydrogens is 560 g/mol. The lowest BCUT2D eigenvalue weighted by Gasteiger charge is -2.26. The number of rotatable bonds is 14. The summed E-state index contributed by atoms with van der Waals surface area (Å²) in [5.41, 5.74) is 3.02. The summed E-state index contributed by atoms with van der Waals surface area (Å²) in [6.45, 7) is 5.99. The van der Waals surface area contributed by atoms with Crippen LogP contribution in [0.3, 0.4) is 0 Å². The van der Waals surface area contributed by atoms with Gasteiger partial charge < -0.3 is 30.5 Å². The van der Waals surface area contributed by atoms with Gasteiger partial charge in [-0.1, -0.05) is 37.1 Å². The topological polar surface area (TPSA) is 150 Å². The minimum atomic E-state index is -0.795. The fourth-order valence-electron chi connectivity index (χ4n) is 4.93. The summed E-state index contributed by atoms with van der Waals surface area (Å²) in [7, 11) is 0. The molecule has 2 aromatic heterocycles. The van der Waals surface area contributed by atoms with Crippen LogP contribution >= 0.6 is 11.6 Å².